The van der Waals surface area contributed by atoms with Crippen LogP contribution < -0.4 is 5.56 Å². The molecule has 0 atom stereocenters. The third-order valence-corrected chi connectivity index (χ3v) is 2.26. The van der Waals surface area contributed by atoms with Gasteiger partial charge in [-0.25, -0.2) is 4.79 Å². The fraction of sp³-hybridized carbons (Fsp3) is 0.111. The highest BCUT2D eigenvalue weighted by atomic mass is 35.5. The van der Waals surface area contributed by atoms with Gasteiger partial charge >= 0.3 is 5.97 Å². The average Bonchev–Trinajstić information content (AvgIpc) is 2.58. The van der Waals surface area contributed by atoms with Crippen molar-refractivity contribution in [3.8, 4) is 0 Å². The number of H-pyrrole nitrogens is 2. The molecular formula is C9H7ClN2O3. The van der Waals surface area contributed by atoms with Crippen molar-refractivity contribution in [2.24, 2.45) is 0 Å². The minimum absolute atomic E-state index is 0.155. The SMILES string of the molecule is COC(=O)c1cc(Cl)cc2[nH][nH]c(=O)c12. The van der Waals surface area contributed by atoms with E-state index in [9.17, 15) is 9.59 Å². The zero-order valence-corrected chi connectivity index (χ0v) is 8.51. The molecule has 2 rings (SSSR count). The maximum Gasteiger partial charge on any atom is 0.338 e. The number of carbonyl (C=O) groups is 1. The summed E-state index contributed by atoms with van der Waals surface area (Å²) in [5.41, 5.74) is 0.262. The first kappa shape index (κ1) is 9.79. The number of carbonyl (C=O) groups excluding carboxylic acids is 1. The van der Waals surface area contributed by atoms with E-state index in [1.165, 1.54) is 13.2 Å². The molecule has 0 radical (unpaired) electrons. The van der Waals surface area contributed by atoms with Crippen molar-refractivity contribution < 1.29 is 9.53 Å². The summed E-state index contributed by atoms with van der Waals surface area (Å²) in [5, 5.41) is 5.61. The van der Waals surface area contributed by atoms with Gasteiger partial charge in [0, 0.05) is 5.02 Å². The minimum Gasteiger partial charge on any atom is -0.465 e. The lowest BCUT2D eigenvalue weighted by atomic mass is 10.1. The molecule has 2 aromatic rings. The van der Waals surface area contributed by atoms with Crippen molar-refractivity contribution in [3.05, 3.63) is 33.1 Å². The fourth-order valence-corrected chi connectivity index (χ4v) is 1.63. The number of methoxy groups -OCH3 is 1. The molecular weight excluding hydrogens is 220 g/mol. The molecule has 2 N–H and O–H groups in total. The molecule has 15 heavy (non-hydrogen) atoms. The van der Waals surface area contributed by atoms with Crippen LogP contribution in [-0.4, -0.2) is 23.3 Å². The zero-order valence-electron chi connectivity index (χ0n) is 7.76. The molecule has 0 aliphatic carbocycles. The van der Waals surface area contributed by atoms with Crippen molar-refractivity contribution >= 4 is 28.5 Å². The quantitative estimate of drug-likeness (QED) is 0.720. The van der Waals surface area contributed by atoms with Crippen molar-refractivity contribution in [1.29, 1.82) is 0 Å². The first-order valence-corrected chi connectivity index (χ1v) is 4.49. The van der Waals surface area contributed by atoms with Gasteiger partial charge in [0.1, 0.15) is 0 Å². The van der Waals surface area contributed by atoms with E-state index in [4.69, 9.17) is 11.6 Å². The van der Waals surface area contributed by atoms with Gasteiger partial charge in [-0.1, -0.05) is 11.6 Å². The summed E-state index contributed by atoms with van der Waals surface area (Å²) in [5.74, 6) is -0.590. The normalized spacial score (nSPS) is 10.5. The molecule has 0 fully saturated rings. The Bertz CT molecular complexity index is 585. The summed E-state index contributed by atoms with van der Waals surface area (Å²) in [4.78, 5) is 22.8. The van der Waals surface area contributed by atoms with Gasteiger partial charge in [-0.3, -0.25) is 15.0 Å². The first-order chi connectivity index (χ1) is 7.13. The number of halogens is 1. The second-order valence-electron chi connectivity index (χ2n) is 2.95. The Labute approximate surface area is 89.0 Å². The lowest BCUT2D eigenvalue weighted by Crippen LogP contribution is -2.07. The van der Waals surface area contributed by atoms with E-state index < -0.39 is 5.97 Å². The van der Waals surface area contributed by atoms with Crippen molar-refractivity contribution in [1.82, 2.24) is 10.2 Å². The summed E-state index contributed by atoms with van der Waals surface area (Å²) in [6.07, 6.45) is 0. The number of hydrogen-bond donors (Lipinski definition) is 2. The van der Waals surface area contributed by atoms with Gasteiger partial charge in [0.25, 0.3) is 5.56 Å². The summed E-state index contributed by atoms with van der Waals surface area (Å²) in [6.45, 7) is 0. The number of benzene rings is 1. The van der Waals surface area contributed by atoms with Crippen LogP contribution in [0.5, 0.6) is 0 Å². The Morgan fingerprint density at radius 3 is 2.80 bits per heavy atom. The van der Waals surface area contributed by atoms with Crippen molar-refractivity contribution in [3.63, 3.8) is 0 Å². The molecule has 0 bridgehead atoms. The Morgan fingerprint density at radius 2 is 2.13 bits per heavy atom. The van der Waals surface area contributed by atoms with Crippen LogP contribution in [0.2, 0.25) is 5.02 Å². The number of nitrogens with one attached hydrogen (secondary N) is 2. The highest BCUT2D eigenvalue weighted by Gasteiger charge is 2.15. The number of esters is 1. The third-order valence-electron chi connectivity index (χ3n) is 2.05. The van der Waals surface area contributed by atoms with Crippen molar-refractivity contribution in [2.45, 2.75) is 0 Å². The Hall–Kier alpha value is -1.75. The van der Waals surface area contributed by atoms with Crippen LogP contribution in [0.4, 0.5) is 0 Å². The van der Waals surface area contributed by atoms with E-state index in [2.05, 4.69) is 14.9 Å². The van der Waals surface area contributed by atoms with Crippen LogP contribution in [0, 0.1) is 0 Å². The van der Waals surface area contributed by atoms with Gasteiger partial charge < -0.3 is 4.74 Å². The van der Waals surface area contributed by atoms with Crippen LogP contribution in [0.25, 0.3) is 10.9 Å². The van der Waals surface area contributed by atoms with Crippen LogP contribution in [0.15, 0.2) is 16.9 Å². The number of hydrogen-bond acceptors (Lipinski definition) is 3. The summed E-state index contributed by atoms with van der Waals surface area (Å²) >= 11 is 5.79. The molecule has 0 unspecified atom stereocenters. The molecule has 0 spiro atoms. The standard InChI is InChI=1S/C9H7ClN2O3/c1-15-9(14)5-2-4(10)3-6-7(5)8(13)12-11-6/h2-3H,1H3,(H2,11,12,13). The molecule has 1 heterocycles. The van der Waals surface area contributed by atoms with Gasteiger partial charge in [0.2, 0.25) is 0 Å². The molecule has 0 aliphatic rings. The maximum absolute atomic E-state index is 11.4. The van der Waals surface area contributed by atoms with Gasteiger partial charge in [-0.15, -0.1) is 0 Å². The lowest BCUT2D eigenvalue weighted by molar-refractivity contribution is 0.0603. The number of aromatic amines is 2. The minimum atomic E-state index is -0.590. The average molecular weight is 227 g/mol. The summed E-state index contributed by atoms with van der Waals surface area (Å²) in [6, 6.07) is 2.96. The van der Waals surface area contributed by atoms with Crippen LogP contribution in [-0.2, 0) is 4.74 Å². The highest BCUT2D eigenvalue weighted by Crippen LogP contribution is 2.20. The molecule has 1 aromatic carbocycles. The molecule has 0 saturated heterocycles. The van der Waals surface area contributed by atoms with Crippen LogP contribution in [0.1, 0.15) is 10.4 Å². The maximum atomic E-state index is 11.4. The van der Waals surface area contributed by atoms with Gasteiger partial charge in [-0.05, 0) is 12.1 Å². The largest absolute Gasteiger partial charge is 0.465 e. The Morgan fingerprint density at radius 1 is 1.40 bits per heavy atom. The second-order valence-corrected chi connectivity index (χ2v) is 3.38. The third kappa shape index (κ3) is 1.50. The molecule has 6 heteroatoms. The van der Waals surface area contributed by atoms with Crippen LogP contribution >= 0.6 is 11.6 Å². The topological polar surface area (TPSA) is 75.0 Å². The molecule has 0 saturated carbocycles. The summed E-state index contributed by atoms with van der Waals surface area (Å²) < 4.78 is 4.56. The number of aromatic nitrogens is 2. The van der Waals surface area contributed by atoms with Gasteiger partial charge in [0.05, 0.1) is 23.6 Å². The Kier molecular flexibility index (Phi) is 2.24. The van der Waals surface area contributed by atoms with E-state index in [0.717, 1.165) is 0 Å². The number of ether oxygens (including phenoxy) is 1. The van der Waals surface area contributed by atoms with Gasteiger partial charge in [-0.2, -0.15) is 0 Å². The van der Waals surface area contributed by atoms with Crippen LogP contribution in [0.3, 0.4) is 0 Å². The second kappa shape index (κ2) is 3.43. The summed E-state index contributed by atoms with van der Waals surface area (Å²) in [7, 11) is 1.25. The molecule has 1 aromatic heterocycles. The van der Waals surface area contributed by atoms with E-state index in [1.807, 2.05) is 0 Å². The smallest absolute Gasteiger partial charge is 0.338 e. The van der Waals surface area contributed by atoms with E-state index >= 15 is 0 Å². The van der Waals surface area contributed by atoms with E-state index in [-0.39, 0.29) is 16.5 Å². The highest BCUT2D eigenvalue weighted by molar-refractivity contribution is 6.32. The number of fused-ring (bicyclic) bond motifs is 1. The molecule has 0 aliphatic heterocycles. The molecule has 0 amide bonds. The number of rotatable bonds is 1. The van der Waals surface area contributed by atoms with Crippen molar-refractivity contribution in [2.75, 3.05) is 7.11 Å². The first-order valence-electron chi connectivity index (χ1n) is 4.11. The zero-order chi connectivity index (χ0) is 11.0. The predicted octanol–water partition coefficient (Wildman–Crippen LogP) is 1.30. The van der Waals surface area contributed by atoms with E-state index in [0.29, 0.717) is 10.5 Å². The lowest BCUT2D eigenvalue weighted by Gasteiger charge is -2.00. The molecule has 78 valence electrons. The van der Waals surface area contributed by atoms with Gasteiger partial charge in [0.15, 0.2) is 0 Å². The van der Waals surface area contributed by atoms with E-state index in [1.54, 1.807) is 6.07 Å². The molecule has 5 nitrogen and oxygen atoms in total. The fourth-order valence-electron chi connectivity index (χ4n) is 1.41. The monoisotopic (exact) mass is 226 g/mol. The predicted molar refractivity (Wildman–Crippen MR) is 55.3 cm³/mol. The Balaban J connectivity index is 2.86.